The maximum atomic E-state index is 2.66. The van der Waals surface area contributed by atoms with E-state index in [0.29, 0.717) is 0 Å². The molecule has 1 nitrogen and oxygen atoms in total. The highest BCUT2D eigenvalue weighted by Gasteiger charge is 2.45. The average molecular weight is 876 g/mol. The number of benzene rings is 9. The van der Waals surface area contributed by atoms with Crippen LogP contribution in [0.3, 0.4) is 0 Å². The Bertz CT molecular complexity index is 3240. The van der Waals surface area contributed by atoms with Gasteiger partial charge in [-0.1, -0.05) is 172 Å². The molecule has 0 saturated carbocycles. The smallest absolute Gasteiger partial charge is 0.247 e. The number of aryl methyl sites for hydroxylation is 1. The molecular weight excluding hydrogens is 816 g/mol. The Hall–Kier alpha value is -7.09. The Morgan fingerprint density at radius 2 is 0.574 bits per heavy atom. The van der Waals surface area contributed by atoms with Crippen molar-refractivity contribution in [2.24, 2.45) is 0 Å². The minimum absolute atomic E-state index is 0.0241. The third kappa shape index (κ3) is 6.76. The lowest BCUT2D eigenvalue weighted by molar-refractivity contribution is 1.19. The molecule has 9 aromatic carbocycles. The molecule has 0 unspecified atom stereocenters. The van der Waals surface area contributed by atoms with Crippen molar-refractivity contribution >= 4 is 63.3 Å². The second-order valence-electron chi connectivity index (χ2n) is 20.0. The Kier molecular flexibility index (Phi) is 10.6. The van der Waals surface area contributed by atoms with E-state index in [-0.39, 0.29) is 13.4 Å². The lowest BCUT2D eigenvalue weighted by Crippen LogP contribution is -2.66. The quantitative estimate of drug-likeness (QED) is 0.150. The molecule has 9 aromatic rings. The second-order valence-corrected chi connectivity index (χ2v) is 20.0. The van der Waals surface area contributed by atoms with Crippen LogP contribution < -0.4 is 37.7 Å². The summed E-state index contributed by atoms with van der Waals surface area (Å²) >= 11 is 0. The van der Waals surface area contributed by atoms with Gasteiger partial charge in [0.2, 0.25) is 13.4 Å². The first-order valence-electron chi connectivity index (χ1n) is 24.5. The number of rotatable bonds is 6. The average Bonchev–Trinajstić information content (AvgIpc) is 3.37. The SMILES string of the molecule is Cc1cc2c3c(c1)B(c1c(C)c(C)c(C)c(C)c1C)c1cc(-c4cccc(-c5ccccc5)c4)ccc1N3c1ccc(-c3cccc(-c4ccccc4)c3)cc1B2c1c(C)c(C)c(C)c(C)c1C. The van der Waals surface area contributed by atoms with Crippen LogP contribution in [0.4, 0.5) is 17.1 Å². The molecule has 0 atom stereocenters. The fourth-order valence-electron chi connectivity index (χ4n) is 12.1. The van der Waals surface area contributed by atoms with E-state index in [4.69, 9.17) is 0 Å². The fraction of sp³-hybridized carbons (Fsp3) is 0.169. The highest BCUT2D eigenvalue weighted by atomic mass is 15.2. The summed E-state index contributed by atoms with van der Waals surface area (Å²) < 4.78 is 0. The number of fused-ring (bicyclic) bond motifs is 4. The van der Waals surface area contributed by atoms with Gasteiger partial charge in [-0.2, -0.15) is 0 Å². The zero-order valence-corrected chi connectivity index (χ0v) is 41.6. The summed E-state index contributed by atoms with van der Waals surface area (Å²) in [6.45, 7) is 25.8. The van der Waals surface area contributed by atoms with Gasteiger partial charge in [-0.25, -0.2) is 0 Å². The van der Waals surface area contributed by atoms with Crippen molar-refractivity contribution in [1.29, 1.82) is 0 Å². The van der Waals surface area contributed by atoms with E-state index in [1.165, 1.54) is 156 Å². The van der Waals surface area contributed by atoms with E-state index in [9.17, 15) is 0 Å². The monoisotopic (exact) mass is 875 g/mol. The maximum Gasteiger partial charge on any atom is 0.247 e. The van der Waals surface area contributed by atoms with Crippen molar-refractivity contribution in [3.05, 3.63) is 219 Å². The van der Waals surface area contributed by atoms with Gasteiger partial charge in [0.15, 0.2) is 0 Å². The van der Waals surface area contributed by atoms with Crippen molar-refractivity contribution in [2.75, 3.05) is 4.90 Å². The molecule has 2 aliphatic rings. The molecule has 0 radical (unpaired) electrons. The van der Waals surface area contributed by atoms with Gasteiger partial charge < -0.3 is 4.90 Å². The van der Waals surface area contributed by atoms with Gasteiger partial charge in [-0.15, -0.1) is 0 Å². The van der Waals surface area contributed by atoms with Crippen LogP contribution in [0.25, 0.3) is 44.5 Å². The first-order valence-corrected chi connectivity index (χ1v) is 24.5. The third-order valence-electron chi connectivity index (χ3n) is 16.6. The molecule has 0 spiro atoms. The number of hydrogen-bond donors (Lipinski definition) is 0. The predicted octanol–water partition coefficient (Wildman–Crippen LogP) is 12.9. The first kappa shape index (κ1) is 43.5. The molecule has 0 fully saturated rings. The van der Waals surface area contributed by atoms with Crippen LogP contribution in [0.5, 0.6) is 0 Å². The topological polar surface area (TPSA) is 3.24 Å². The van der Waals surface area contributed by atoms with Crippen LogP contribution in [0.15, 0.2) is 158 Å². The van der Waals surface area contributed by atoms with Crippen LogP contribution in [0, 0.1) is 76.2 Å². The summed E-state index contributed by atoms with van der Waals surface area (Å²) in [5.41, 5.74) is 37.3. The van der Waals surface area contributed by atoms with Gasteiger partial charge in [0.1, 0.15) is 0 Å². The summed E-state index contributed by atoms with van der Waals surface area (Å²) in [6.07, 6.45) is 0. The molecule has 3 heteroatoms. The Morgan fingerprint density at radius 1 is 0.265 bits per heavy atom. The van der Waals surface area contributed by atoms with E-state index >= 15 is 0 Å². The number of anilines is 3. The second kappa shape index (κ2) is 16.6. The lowest BCUT2D eigenvalue weighted by Gasteiger charge is -2.45. The Balaban J connectivity index is 1.22. The van der Waals surface area contributed by atoms with Crippen LogP contribution in [-0.2, 0) is 0 Å². The molecule has 0 aromatic heterocycles. The van der Waals surface area contributed by atoms with Crippen molar-refractivity contribution in [2.45, 2.75) is 76.2 Å². The van der Waals surface area contributed by atoms with Crippen molar-refractivity contribution in [1.82, 2.24) is 0 Å². The van der Waals surface area contributed by atoms with E-state index in [0.717, 1.165) is 0 Å². The summed E-state index contributed by atoms with van der Waals surface area (Å²) in [4.78, 5) is 2.66. The highest BCUT2D eigenvalue weighted by molar-refractivity contribution is 7.02. The Morgan fingerprint density at radius 3 is 0.941 bits per heavy atom. The van der Waals surface area contributed by atoms with Crippen molar-refractivity contribution < 1.29 is 0 Å². The van der Waals surface area contributed by atoms with Gasteiger partial charge in [0, 0.05) is 17.1 Å². The minimum atomic E-state index is 0.0241. The van der Waals surface area contributed by atoms with Crippen LogP contribution in [-0.4, -0.2) is 13.4 Å². The van der Waals surface area contributed by atoms with E-state index in [1.807, 2.05) is 0 Å². The summed E-state index contributed by atoms with van der Waals surface area (Å²) in [7, 11) is 0. The highest BCUT2D eigenvalue weighted by Crippen LogP contribution is 2.41. The predicted molar refractivity (Wildman–Crippen MR) is 297 cm³/mol. The van der Waals surface area contributed by atoms with Crippen molar-refractivity contribution in [3.63, 3.8) is 0 Å². The van der Waals surface area contributed by atoms with Gasteiger partial charge in [0.05, 0.1) is 0 Å². The van der Waals surface area contributed by atoms with Gasteiger partial charge in [-0.05, 0) is 200 Å². The third-order valence-corrected chi connectivity index (χ3v) is 16.6. The minimum Gasteiger partial charge on any atom is -0.313 e. The van der Waals surface area contributed by atoms with Gasteiger partial charge >= 0.3 is 0 Å². The largest absolute Gasteiger partial charge is 0.313 e. The zero-order chi connectivity index (χ0) is 47.3. The van der Waals surface area contributed by atoms with E-state index in [1.54, 1.807) is 0 Å². The molecule has 0 bridgehead atoms. The lowest BCUT2D eigenvalue weighted by atomic mass is 9.29. The Labute approximate surface area is 405 Å². The zero-order valence-electron chi connectivity index (χ0n) is 41.6. The summed E-state index contributed by atoms with van der Waals surface area (Å²) in [6, 6.07) is 59.5. The van der Waals surface area contributed by atoms with Crippen LogP contribution in [0.2, 0.25) is 0 Å². The molecule has 0 N–H and O–H groups in total. The number of hydrogen-bond acceptors (Lipinski definition) is 1. The maximum absolute atomic E-state index is 2.66. The standard InChI is InChI=1S/C65H59B2N/c1-38-32-59-65-60(33-38)67(64-47(10)43(6)40(3)44(7)48(64)11)58-37-56(54-27-19-25-52(35-54)50-22-16-13-17-23-50)29-31-62(58)68(65)61-30-28-55(53-26-18-24-51(34-53)49-20-14-12-15-21-49)36-57(61)66(59)63-45(8)41(4)39(2)42(5)46(63)9/h12-37H,1-11H3. The first-order chi connectivity index (χ1) is 32.8. The number of nitrogens with zero attached hydrogens (tertiary/aromatic N) is 1. The normalized spacial score (nSPS) is 12.5. The molecule has 2 aliphatic heterocycles. The molecule has 2 heterocycles. The fourth-order valence-corrected chi connectivity index (χ4v) is 12.1. The summed E-state index contributed by atoms with van der Waals surface area (Å²) in [5, 5.41) is 0. The molecule has 11 rings (SSSR count). The molecule has 330 valence electrons. The van der Waals surface area contributed by atoms with Crippen LogP contribution in [0.1, 0.15) is 61.2 Å². The molecule has 0 amide bonds. The van der Waals surface area contributed by atoms with Gasteiger partial charge in [-0.3, -0.25) is 0 Å². The van der Waals surface area contributed by atoms with E-state index < -0.39 is 0 Å². The van der Waals surface area contributed by atoms with Crippen LogP contribution >= 0.6 is 0 Å². The van der Waals surface area contributed by atoms with Crippen molar-refractivity contribution in [3.8, 4) is 44.5 Å². The molecule has 0 saturated heterocycles. The summed E-state index contributed by atoms with van der Waals surface area (Å²) in [5.74, 6) is 0. The molecular formula is C65H59B2N. The molecule has 0 aliphatic carbocycles. The van der Waals surface area contributed by atoms with Gasteiger partial charge in [0.25, 0.3) is 0 Å². The molecule has 68 heavy (non-hydrogen) atoms. The van der Waals surface area contributed by atoms with E-state index in [2.05, 4.69) is 239 Å².